The summed E-state index contributed by atoms with van der Waals surface area (Å²) in [5, 5.41) is 32.4. The van der Waals surface area contributed by atoms with Crippen LogP contribution >= 0.6 is 11.3 Å². The van der Waals surface area contributed by atoms with Gasteiger partial charge in [0.05, 0.1) is 24.3 Å². The first-order chi connectivity index (χ1) is 9.24. The Morgan fingerprint density at radius 3 is 2.25 bits per heavy atom. The average molecular weight is 302 g/mol. The minimum atomic E-state index is -1.17. The molecule has 1 aromatic rings. The van der Waals surface area contributed by atoms with Gasteiger partial charge in [0.2, 0.25) is 0 Å². The van der Waals surface area contributed by atoms with Crippen molar-refractivity contribution in [2.24, 2.45) is 0 Å². The summed E-state index contributed by atoms with van der Waals surface area (Å²) in [6.07, 6.45) is 0. The molecule has 0 fully saturated rings. The molecule has 0 aliphatic rings. The fraction of sp³-hybridized carbons (Fsp3) is 0.500. The Balaban J connectivity index is 2.92. The second-order valence-corrected chi connectivity index (χ2v) is 5.97. The molecule has 5 N–H and O–H groups in total. The Morgan fingerprint density at radius 1 is 1.25 bits per heavy atom. The van der Waals surface area contributed by atoms with Gasteiger partial charge in [0, 0.05) is 4.88 Å². The molecule has 0 saturated heterocycles. The summed E-state index contributed by atoms with van der Waals surface area (Å²) < 4.78 is 0. The predicted molar refractivity (Wildman–Crippen MR) is 75.5 cm³/mol. The van der Waals surface area contributed by atoms with Gasteiger partial charge in [0.25, 0.3) is 0 Å². The standard InChI is InChI=1S/C12H18N2O5S/c1-6-7(2)20-9(8(6)10(17)18)13-11(19)14-12(3,4-15)5-16/h15-16H,4-5H2,1-3H3,(H,17,18)(H2,13,14,19). The van der Waals surface area contributed by atoms with Crippen LogP contribution in [0.15, 0.2) is 0 Å². The summed E-state index contributed by atoms with van der Waals surface area (Å²) in [4.78, 5) is 23.8. The van der Waals surface area contributed by atoms with E-state index in [-0.39, 0.29) is 10.6 Å². The van der Waals surface area contributed by atoms with Crippen LogP contribution in [0.2, 0.25) is 0 Å². The van der Waals surface area contributed by atoms with Crippen LogP contribution in [-0.4, -0.2) is 46.1 Å². The Kier molecular flexibility index (Phi) is 5.09. The smallest absolute Gasteiger partial charge is 0.338 e. The molecule has 0 aliphatic carbocycles. The number of amides is 2. The second-order valence-electron chi connectivity index (χ2n) is 4.75. The van der Waals surface area contributed by atoms with Crippen LogP contribution in [0.3, 0.4) is 0 Å². The highest BCUT2D eigenvalue weighted by molar-refractivity contribution is 7.16. The molecule has 20 heavy (non-hydrogen) atoms. The summed E-state index contributed by atoms with van der Waals surface area (Å²) in [5.74, 6) is -1.12. The van der Waals surface area contributed by atoms with Crippen molar-refractivity contribution in [2.75, 3.05) is 18.5 Å². The van der Waals surface area contributed by atoms with E-state index in [4.69, 9.17) is 15.3 Å². The van der Waals surface area contributed by atoms with Gasteiger partial charge >= 0.3 is 12.0 Å². The molecule has 0 saturated carbocycles. The summed E-state index contributed by atoms with van der Waals surface area (Å²) in [6, 6.07) is -0.681. The van der Waals surface area contributed by atoms with E-state index in [2.05, 4.69) is 10.6 Å². The maximum Gasteiger partial charge on any atom is 0.338 e. The fourth-order valence-electron chi connectivity index (χ4n) is 1.51. The molecule has 0 aliphatic heterocycles. The highest BCUT2D eigenvalue weighted by Gasteiger charge is 2.26. The van der Waals surface area contributed by atoms with E-state index in [1.807, 2.05) is 0 Å². The van der Waals surface area contributed by atoms with Gasteiger partial charge in [-0.25, -0.2) is 9.59 Å². The number of aliphatic hydroxyl groups is 2. The predicted octanol–water partition coefficient (Wildman–Crippen LogP) is 0.928. The molecule has 0 bridgehead atoms. The molecule has 0 atom stereocenters. The molecule has 7 nitrogen and oxygen atoms in total. The summed E-state index contributed by atoms with van der Waals surface area (Å²) in [5.41, 5.74) is -0.517. The maximum absolute atomic E-state index is 11.8. The van der Waals surface area contributed by atoms with E-state index in [0.29, 0.717) is 5.56 Å². The third kappa shape index (κ3) is 3.47. The molecule has 0 spiro atoms. The number of carboxylic acid groups (broad SMARTS) is 1. The normalized spacial score (nSPS) is 11.2. The van der Waals surface area contributed by atoms with Crippen LogP contribution < -0.4 is 10.6 Å². The van der Waals surface area contributed by atoms with Crippen LogP contribution in [0.1, 0.15) is 27.7 Å². The molecule has 0 aromatic carbocycles. The molecule has 0 radical (unpaired) electrons. The maximum atomic E-state index is 11.8. The number of thiophene rings is 1. The number of aliphatic hydroxyl groups excluding tert-OH is 2. The van der Waals surface area contributed by atoms with E-state index in [1.54, 1.807) is 13.8 Å². The number of rotatable bonds is 5. The number of anilines is 1. The van der Waals surface area contributed by atoms with Gasteiger partial charge in [-0.05, 0) is 26.3 Å². The SMILES string of the molecule is Cc1sc(NC(=O)NC(C)(CO)CO)c(C(=O)O)c1C. The zero-order valence-electron chi connectivity index (χ0n) is 11.5. The topological polar surface area (TPSA) is 119 Å². The highest BCUT2D eigenvalue weighted by Crippen LogP contribution is 2.32. The first-order valence-electron chi connectivity index (χ1n) is 5.88. The number of aromatic carboxylic acids is 1. The summed E-state index contributed by atoms with van der Waals surface area (Å²) >= 11 is 1.16. The average Bonchev–Trinajstić information content (AvgIpc) is 2.64. The largest absolute Gasteiger partial charge is 0.478 e. The van der Waals surface area contributed by atoms with Crippen molar-refractivity contribution in [3.05, 3.63) is 16.0 Å². The molecule has 1 heterocycles. The Labute approximate surface area is 120 Å². The molecule has 0 unspecified atom stereocenters. The van der Waals surface area contributed by atoms with Gasteiger partial charge in [-0.15, -0.1) is 11.3 Å². The minimum Gasteiger partial charge on any atom is -0.478 e. The number of carbonyl (C=O) groups excluding carboxylic acids is 1. The number of carbonyl (C=O) groups is 2. The lowest BCUT2D eigenvalue weighted by Crippen LogP contribution is -2.53. The van der Waals surface area contributed by atoms with Crippen LogP contribution in [-0.2, 0) is 0 Å². The highest BCUT2D eigenvalue weighted by atomic mass is 32.1. The van der Waals surface area contributed by atoms with Crippen molar-refractivity contribution in [2.45, 2.75) is 26.3 Å². The van der Waals surface area contributed by atoms with Crippen molar-refractivity contribution in [3.63, 3.8) is 0 Å². The quantitative estimate of drug-likeness (QED) is 0.554. The van der Waals surface area contributed by atoms with Crippen LogP contribution in [0.5, 0.6) is 0 Å². The van der Waals surface area contributed by atoms with Crippen LogP contribution in [0.25, 0.3) is 0 Å². The van der Waals surface area contributed by atoms with E-state index < -0.39 is 30.8 Å². The van der Waals surface area contributed by atoms with Crippen molar-refractivity contribution < 1.29 is 24.9 Å². The van der Waals surface area contributed by atoms with Crippen LogP contribution in [0.4, 0.5) is 9.80 Å². The van der Waals surface area contributed by atoms with Gasteiger partial charge in [-0.2, -0.15) is 0 Å². The number of hydrogen-bond acceptors (Lipinski definition) is 5. The molecule has 112 valence electrons. The molecule has 1 rings (SSSR count). The third-order valence-corrected chi connectivity index (χ3v) is 4.06. The van der Waals surface area contributed by atoms with Gasteiger partial charge in [0.15, 0.2) is 0 Å². The molecule has 1 aromatic heterocycles. The van der Waals surface area contributed by atoms with E-state index in [1.165, 1.54) is 6.92 Å². The van der Waals surface area contributed by atoms with Crippen molar-refractivity contribution in [1.29, 1.82) is 0 Å². The summed E-state index contributed by atoms with van der Waals surface area (Å²) in [6.45, 7) is 4.02. The Hall–Kier alpha value is -1.64. The molecule has 2 amide bonds. The first kappa shape index (κ1) is 16.4. The number of carboxylic acids is 1. The number of aryl methyl sites for hydroxylation is 1. The van der Waals surface area contributed by atoms with Crippen LogP contribution in [0, 0.1) is 13.8 Å². The lowest BCUT2D eigenvalue weighted by Gasteiger charge is -2.26. The zero-order valence-corrected chi connectivity index (χ0v) is 12.3. The second kappa shape index (κ2) is 6.21. The van der Waals surface area contributed by atoms with E-state index in [0.717, 1.165) is 16.2 Å². The van der Waals surface area contributed by atoms with Gasteiger partial charge in [-0.1, -0.05) is 0 Å². The Bertz CT molecular complexity index is 522. The van der Waals surface area contributed by atoms with E-state index in [9.17, 15) is 9.59 Å². The molecular weight excluding hydrogens is 284 g/mol. The Morgan fingerprint density at radius 2 is 1.80 bits per heavy atom. The number of urea groups is 1. The number of hydrogen-bond donors (Lipinski definition) is 5. The fourth-order valence-corrected chi connectivity index (χ4v) is 2.56. The van der Waals surface area contributed by atoms with E-state index >= 15 is 0 Å². The lowest BCUT2D eigenvalue weighted by atomic mass is 10.1. The monoisotopic (exact) mass is 302 g/mol. The lowest BCUT2D eigenvalue weighted by molar-refractivity contribution is 0.0697. The van der Waals surface area contributed by atoms with Gasteiger partial charge in [-0.3, -0.25) is 5.32 Å². The minimum absolute atomic E-state index is 0.0531. The van der Waals surface area contributed by atoms with Crippen molar-refractivity contribution >= 4 is 28.3 Å². The van der Waals surface area contributed by atoms with Gasteiger partial charge in [0.1, 0.15) is 5.00 Å². The molecular formula is C12H18N2O5S. The van der Waals surface area contributed by atoms with Gasteiger partial charge < -0.3 is 20.6 Å². The number of nitrogens with one attached hydrogen (secondary N) is 2. The van der Waals surface area contributed by atoms with Crippen molar-refractivity contribution in [3.8, 4) is 0 Å². The molecule has 8 heteroatoms. The first-order valence-corrected chi connectivity index (χ1v) is 6.70. The van der Waals surface area contributed by atoms with Crippen molar-refractivity contribution in [1.82, 2.24) is 5.32 Å². The zero-order chi connectivity index (χ0) is 15.5. The summed E-state index contributed by atoms with van der Waals surface area (Å²) in [7, 11) is 0. The third-order valence-electron chi connectivity index (χ3n) is 2.94.